The lowest BCUT2D eigenvalue weighted by Crippen LogP contribution is -2.23. The molecule has 0 heterocycles. The van der Waals surface area contributed by atoms with Gasteiger partial charge in [-0.2, -0.15) is 0 Å². The molecule has 2 nitrogen and oxygen atoms in total. The van der Waals surface area contributed by atoms with Crippen LogP contribution in [0.3, 0.4) is 0 Å². The van der Waals surface area contributed by atoms with Crippen LogP contribution in [0.4, 0.5) is 34.1 Å². The number of rotatable bonds is 15. The Morgan fingerprint density at radius 1 is 0.348 bits per heavy atom. The van der Waals surface area contributed by atoms with Crippen LogP contribution in [-0.2, 0) is 5.41 Å². The summed E-state index contributed by atoms with van der Waals surface area (Å²) in [6.45, 7) is 12.9. The molecule has 0 atom stereocenters. The van der Waals surface area contributed by atoms with E-state index < -0.39 is 0 Å². The Bertz CT molecular complexity index is 2930. The second-order valence-electron chi connectivity index (χ2n) is 17.5. The van der Waals surface area contributed by atoms with Crippen molar-refractivity contribution in [1.29, 1.82) is 0 Å². The minimum absolute atomic E-state index is 0.139. The van der Waals surface area contributed by atoms with Crippen LogP contribution in [0.15, 0.2) is 237 Å². The summed E-state index contributed by atoms with van der Waals surface area (Å²) in [6.07, 6.45) is 5.25. The zero-order valence-electron chi connectivity index (χ0n) is 38.7. The second-order valence-corrected chi connectivity index (χ2v) is 17.5. The Hall–Kier alpha value is -7.68. The van der Waals surface area contributed by atoms with Gasteiger partial charge in [-0.25, -0.2) is 0 Å². The molecule has 9 aromatic carbocycles. The highest BCUT2D eigenvalue weighted by molar-refractivity contribution is 5.83. The molecular formula is C64H58N2. The van der Waals surface area contributed by atoms with E-state index in [0.29, 0.717) is 0 Å². The molecule has 0 aliphatic carbocycles. The first-order chi connectivity index (χ1) is 32.3. The molecule has 0 spiro atoms. The molecule has 0 radical (unpaired) electrons. The van der Waals surface area contributed by atoms with E-state index in [2.05, 4.69) is 275 Å². The topological polar surface area (TPSA) is 6.48 Å². The third-order valence-electron chi connectivity index (χ3n) is 13.4. The fourth-order valence-corrected chi connectivity index (χ4v) is 9.36. The molecule has 0 amide bonds. The zero-order chi connectivity index (χ0) is 45.5. The normalized spacial score (nSPS) is 11.3. The van der Waals surface area contributed by atoms with Gasteiger partial charge in [0.25, 0.3) is 0 Å². The number of anilines is 6. The zero-order valence-corrected chi connectivity index (χ0v) is 38.7. The van der Waals surface area contributed by atoms with Crippen molar-refractivity contribution in [1.82, 2.24) is 0 Å². The fourth-order valence-electron chi connectivity index (χ4n) is 9.36. The lowest BCUT2D eigenvalue weighted by Gasteiger charge is -2.31. The summed E-state index contributed by atoms with van der Waals surface area (Å²) in [5.74, 6) is 0. The average molecular weight is 855 g/mol. The van der Waals surface area contributed by atoms with Crippen LogP contribution < -0.4 is 9.80 Å². The van der Waals surface area contributed by atoms with E-state index in [1.54, 1.807) is 0 Å². The number of hydrogen-bond donors (Lipinski definition) is 0. The Balaban J connectivity index is 0.991. The standard InChI is InChI=1S/C64H58N2/c1-6-45-64(7-2,8-3)57-33-25-51(26-34-57)54-31-43-62(44-32-54)65(60-39-27-52(28-40-60)49-13-10-9-11-14-49)61-41-29-53(30-42-61)50-21-23-55(24-22-50)56-15-12-16-63(46-56)66(58-35-17-47(4)18-36-58)59-37-19-48(5)20-38-59/h6,9-44,46H,1,7-8,45H2,2-5H3. The van der Waals surface area contributed by atoms with E-state index in [0.717, 1.165) is 53.4 Å². The number of hydrogen-bond acceptors (Lipinski definition) is 2. The summed E-state index contributed by atoms with van der Waals surface area (Å²) >= 11 is 0. The van der Waals surface area contributed by atoms with Crippen molar-refractivity contribution < 1.29 is 0 Å². The smallest absolute Gasteiger partial charge is 0.0467 e. The van der Waals surface area contributed by atoms with E-state index >= 15 is 0 Å². The third kappa shape index (κ3) is 9.27. The van der Waals surface area contributed by atoms with Crippen LogP contribution in [0, 0.1) is 13.8 Å². The second kappa shape index (κ2) is 19.6. The Morgan fingerprint density at radius 3 is 1.06 bits per heavy atom. The Kier molecular flexibility index (Phi) is 12.9. The minimum atomic E-state index is 0.139. The highest BCUT2D eigenvalue weighted by atomic mass is 15.1. The SMILES string of the molecule is C=CCC(CC)(CC)c1ccc(-c2ccc(N(c3ccc(-c4ccccc4)cc3)c3ccc(-c4ccc(-c5cccc(N(c6ccc(C)cc6)c6ccc(C)cc6)c5)cc4)cc3)cc2)cc1. The van der Waals surface area contributed by atoms with Crippen LogP contribution >= 0.6 is 0 Å². The summed E-state index contributed by atoms with van der Waals surface area (Å²) in [5, 5.41) is 0. The van der Waals surface area contributed by atoms with Crippen molar-refractivity contribution in [2.24, 2.45) is 0 Å². The lowest BCUT2D eigenvalue weighted by molar-refractivity contribution is 0.400. The van der Waals surface area contributed by atoms with E-state index in [9.17, 15) is 0 Å². The molecule has 0 aromatic heterocycles. The fraction of sp³-hybridized carbons (Fsp3) is 0.125. The van der Waals surface area contributed by atoms with Crippen molar-refractivity contribution in [3.05, 3.63) is 254 Å². The maximum absolute atomic E-state index is 4.06. The van der Waals surface area contributed by atoms with Gasteiger partial charge in [0.2, 0.25) is 0 Å². The first kappa shape index (κ1) is 43.6. The molecular weight excluding hydrogens is 797 g/mol. The molecule has 2 heteroatoms. The summed E-state index contributed by atoms with van der Waals surface area (Å²) in [7, 11) is 0. The van der Waals surface area contributed by atoms with Crippen LogP contribution in [0.25, 0.3) is 44.5 Å². The Morgan fingerprint density at radius 2 is 0.667 bits per heavy atom. The molecule has 0 saturated heterocycles. The molecule has 9 aromatic rings. The number of aryl methyl sites for hydroxylation is 2. The minimum Gasteiger partial charge on any atom is -0.311 e. The van der Waals surface area contributed by atoms with Gasteiger partial charge in [-0.3, -0.25) is 0 Å². The molecule has 0 fully saturated rings. The molecule has 0 saturated carbocycles. The molecule has 0 aliphatic rings. The van der Waals surface area contributed by atoms with Gasteiger partial charge in [0.05, 0.1) is 0 Å². The number of allylic oxidation sites excluding steroid dienone is 1. The van der Waals surface area contributed by atoms with Gasteiger partial charge in [-0.15, -0.1) is 6.58 Å². The van der Waals surface area contributed by atoms with Crippen molar-refractivity contribution in [2.75, 3.05) is 9.80 Å². The number of benzene rings is 9. The van der Waals surface area contributed by atoms with Gasteiger partial charge >= 0.3 is 0 Å². The van der Waals surface area contributed by atoms with Gasteiger partial charge < -0.3 is 9.80 Å². The van der Waals surface area contributed by atoms with E-state index in [1.807, 2.05) is 0 Å². The van der Waals surface area contributed by atoms with Gasteiger partial charge in [0.15, 0.2) is 0 Å². The maximum Gasteiger partial charge on any atom is 0.0467 e. The summed E-state index contributed by atoms with van der Waals surface area (Å²) < 4.78 is 0. The summed E-state index contributed by atoms with van der Waals surface area (Å²) in [4.78, 5) is 4.69. The van der Waals surface area contributed by atoms with Crippen LogP contribution in [-0.4, -0.2) is 0 Å². The molecule has 0 unspecified atom stereocenters. The number of nitrogens with zero attached hydrogens (tertiary/aromatic N) is 2. The summed E-state index contributed by atoms with van der Waals surface area (Å²) in [6, 6.07) is 82.0. The monoisotopic (exact) mass is 854 g/mol. The molecule has 324 valence electrons. The highest BCUT2D eigenvalue weighted by Crippen LogP contribution is 2.41. The average Bonchev–Trinajstić information content (AvgIpc) is 3.38. The predicted octanol–water partition coefficient (Wildman–Crippen LogP) is 18.5. The van der Waals surface area contributed by atoms with Crippen molar-refractivity contribution in [3.63, 3.8) is 0 Å². The van der Waals surface area contributed by atoms with Crippen molar-refractivity contribution in [2.45, 2.75) is 52.4 Å². The molecule has 0 aliphatic heterocycles. The van der Waals surface area contributed by atoms with E-state index in [-0.39, 0.29) is 5.41 Å². The first-order valence-corrected chi connectivity index (χ1v) is 23.4. The van der Waals surface area contributed by atoms with E-state index in [4.69, 9.17) is 0 Å². The first-order valence-electron chi connectivity index (χ1n) is 23.4. The lowest BCUT2D eigenvalue weighted by atomic mass is 9.73. The van der Waals surface area contributed by atoms with Gasteiger partial charge in [0, 0.05) is 34.1 Å². The van der Waals surface area contributed by atoms with Crippen LogP contribution in [0.5, 0.6) is 0 Å². The van der Waals surface area contributed by atoms with Gasteiger partial charge in [-0.05, 0) is 161 Å². The van der Waals surface area contributed by atoms with Crippen molar-refractivity contribution in [3.8, 4) is 44.5 Å². The quantitative estimate of drug-likeness (QED) is 0.0948. The molecule has 0 N–H and O–H groups in total. The Labute approximate surface area is 392 Å². The van der Waals surface area contributed by atoms with Crippen molar-refractivity contribution >= 4 is 34.1 Å². The maximum atomic E-state index is 4.06. The highest BCUT2D eigenvalue weighted by Gasteiger charge is 2.27. The molecule has 0 bridgehead atoms. The molecule has 9 rings (SSSR count). The van der Waals surface area contributed by atoms with Gasteiger partial charge in [-0.1, -0.05) is 183 Å². The summed E-state index contributed by atoms with van der Waals surface area (Å²) in [5.41, 5.74) is 20.2. The third-order valence-corrected chi connectivity index (χ3v) is 13.4. The van der Waals surface area contributed by atoms with E-state index in [1.165, 1.54) is 61.2 Å². The van der Waals surface area contributed by atoms with Gasteiger partial charge in [0.1, 0.15) is 0 Å². The largest absolute Gasteiger partial charge is 0.311 e. The van der Waals surface area contributed by atoms with Crippen LogP contribution in [0.1, 0.15) is 49.8 Å². The van der Waals surface area contributed by atoms with Crippen LogP contribution in [0.2, 0.25) is 0 Å². The predicted molar refractivity (Wildman–Crippen MR) is 284 cm³/mol. The molecule has 66 heavy (non-hydrogen) atoms.